The third-order valence-electron chi connectivity index (χ3n) is 5.39. The number of thioether (sulfide) groups is 1. The first-order chi connectivity index (χ1) is 14.9. The molecule has 31 heavy (non-hydrogen) atoms. The highest BCUT2D eigenvalue weighted by Crippen LogP contribution is 2.26. The van der Waals surface area contributed by atoms with Gasteiger partial charge in [-0.05, 0) is 56.4 Å². The number of halogens is 1. The molecule has 8 heteroatoms. The molecule has 1 saturated heterocycles. The Morgan fingerprint density at radius 3 is 2.71 bits per heavy atom. The number of benzene rings is 1. The molecule has 0 bridgehead atoms. The normalized spacial score (nSPS) is 17.3. The summed E-state index contributed by atoms with van der Waals surface area (Å²) in [5.74, 6) is 1.34. The van der Waals surface area contributed by atoms with Gasteiger partial charge in [-0.3, -0.25) is 9.36 Å². The van der Waals surface area contributed by atoms with Crippen molar-refractivity contribution in [3.05, 3.63) is 30.1 Å². The molecule has 6 nitrogen and oxygen atoms in total. The molecule has 1 aliphatic heterocycles. The zero-order valence-electron chi connectivity index (χ0n) is 18.6. The van der Waals surface area contributed by atoms with E-state index in [0.29, 0.717) is 23.4 Å². The van der Waals surface area contributed by atoms with Crippen molar-refractivity contribution in [3.63, 3.8) is 0 Å². The van der Waals surface area contributed by atoms with Crippen LogP contribution < -0.4 is 5.32 Å². The number of nitrogens with one attached hydrogen (secondary N) is 1. The molecule has 0 aliphatic carbocycles. The van der Waals surface area contributed by atoms with Crippen molar-refractivity contribution in [2.45, 2.75) is 76.7 Å². The van der Waals surface area contributed by atoms with Crippen LogP contribution in [-0.2, 0) is 16.1 Å². The predicted octanol–water partition coefficient (Wildman–Crippen LogP) is 4.69. The monoisotopic (exact) mass is 448 g/mol. The number of rotatable bonds is 11. The van der Waals surface area contributed by atoms with Gasteiger partial charge >= 0.3 is 0 Å². The van der Waals surface area contributed by atoms with Gasteiger partial charge in [-0.2, -0.15) is 0 Å². The van der Waals surface area contributed by atoms with Crippen LogP contribution >= 0.6 is 11.8 Å². The number of hydrogen-bond acceptors (Lipinski definition) is 5. The van der Waals surface area contributed by atoms with E-state index in [2.05, 4.69) is 36.3 Å². The molecule has 1 aliphatic rings. The van der Waals surface area contributed by atoms with E-state index in [4.69, 9.17) is 4.74 Å². The van der Waals surface area contributed by atoms with Gasteiger partial charge in [-0.15, -0.1) is 10.2 Å². The van der Waals surface area contributed by atoms with Crippen molar-refractivity contribution in [2.75, 3.05) is 12.4 Å². The molecule has 1 aromatic heterocycles. The van der Waals surface area contributed by atoms with Crippen LogP contribution in [0, 0.1) is 11.7 Å². The zero-order valence-corrected chi connectivity index (χ0v) is 19.5. The molecule has 0 radical (unpaired) electrons. The van der Waals surface area contributed by atoms with E-state index in [1.165, 1.54) is 30.3 Å². The number of ether oxygens (including phenoxy) is 1. The number of carbonyl (C=O) groups is 1. The lowest BCUT2D eigenvalue weighted by atomic mass is 10.0. The van der Waals surface area contributed by atoms with E-state index in [1.54, 1.807) is 12.1 Å². The number of amides is 1. The number of nitrogens with zero attached hydrogens (tertiary/aromatic N) is 3. The molecule has 1 N–H and O–H groups in total. The van der Waals surface area contributed by atoms with Crippen molar-refractivity contribution in [1.29, 1.82) is 0 Å². The summed E-state index contributed by atoms with van der Waals surface area (Å²) in [6.07, 6.45) is 5.40. The first kappa shape index (κ1) is 23.7. The molecular weight excluding hydrogens is 415 g/mol. The quantitative estimate of drug-likeness (QED) is 0.505. The molecule has 3 rings (SSSR count). The Bertz CT molecular complexity index is 835. The third kappa shape index (κ3) is 7.31. The van der Waals surface area contributed by atoms with Crippen molar-refractivity contribution in [1.82, 2.24) is 20.1 Å². The molecule has 170 valence electrons. The molecule has 0 unspecified atom stereocenters. The number of carbonyl (C=O) groups excluding carboxylic acids is 1. The molecule has 2 aromatic rings. The van der Waals surface area contributed by atoms with E-state index in [-0.39, 0.29) is 29.6 Å². The summed E-state index contributed by atoms with van der Waals surface area (Å²) >= 11 is 1.38. The summed E-state index contributed by atoms with van der Waals surface area (Å²) < 4.78 is 21.1. The predicted molar refractivity (Wildman–Crippen MR) is 121 cm³/mol. The average Bonchev–Trinajstić information content (AvgIpc) is 3.37. The highest BCUT2D eigenvalue weighted by molar-refractivity contribution is 7.99. The fourth-order valence-electron chi connectivity index (χ4n) is 3.72. The molecule has 0 saturated carbocycles. The Balaban J connectivity index is 1.63. The minimum absolute atomic E-state index is 0.00274. The van der Waals surface area contributed by atoms with E-state index >= 15 is 0 Å². The minimum atomic E-state index is -0.289. The van der Waals surface area contributed by atoms with Gasteiger partial charge in [0, 0.05) is 18.2 Å². The topological polar surface area (TPSA) is 69.0 Å². The average molecular weight is 449 g/mol. The molecule has 1 amide bonds. The maximum Gasteiger partial charge on any atom is 0.230 e. The largest absolute Gasteiger partial charge is 0.376 e. The summed E-state index contributed by atoms with van der Waals surface area (Å²) in [6, 6.07) is 6.39. The van der Waals surface area contributed by atoms with Gasteiger partial charge in [-0.25, -0.2) is 4.39 Å². The Morgan fingerprint density at radius 2 is 2.03 bits per heavy atom. The Labute approximate surface area is 188 Å². The molecular formula is C23H33FN4O2S. The van der Waals surface area contributed by atoms with Gasteiger partial charge in [0.15, 0.2) is 11.0 Å². The first-order valence-corrected chi connectivity index (χ1v) is 12.1. The second-order valence-electron chi connectivity index (χ2n) is 8.64. The van der Waals surface area contributed by atoms with E-state index in [9.17, 15) is 9.18 Å². The Hall–Kier alpha value is -1.93. The molecule has 2 heterocycles. The summed E-state index contributed by atoms with van der Waals surface area (Å²) in [4.78, 5) is 12.4. The fourth-order valence-corrected chi connectivity index (χ4v) is 4.47. The molecule has 0 spiro atoms. The number of aromatic nitrogens is 3. The van der Waals surface area contributed by atoms with Gasteiger partial charge in [0.05, 0.1) is 18.4 Å². The fraction of sp³-hybridized carbons (Fsp3) is 0.609. The lowest BCUT2D eigenvalue weighted by Crippen LogP contribution is -2.33. The third-order valence-corrected chi connectivity index (χ3v) is 6.35. The first-order valence-electron chi connectivity index (χ1n) is 11.1. The van der Waals surface area contributed by atoms with E-state index in [1.807, 2.05) is 4.57 Å². The molecule has 2 atom stereocenters. The molecule has 1 fully saturated rings. The second-order valence-corrected chi connectivity index (χ2v) is 9.58. The smallest absolute Gasteiger partial charge is 0.230 e. The zero-order chi connectivity index (χ0) is 22.2. The van der Waals surface area contributed by atoms with Gasteiger partial charge < -0.3 is 10.1 Å². The van der Waals surface area contributed by atoms with Crippen LogP contribution in [0.4, 0.5) is 4.39 Å². The van der Waals surface area contributed by atoms with Gasteiger partial charge in [0.25, 0.3) is 0 Å². The lowest BCUT2D eigenvalue weighted by molar-refractivity contribution is -0.119. The minimum Gasteiger partial charge on any atom is -0.376 e. The molecule has 1 aromatic carbocycles. The highest BCUT2D eigenvalue weighted by atomic mass is 32.2. The second kappa shape index (κ2) is 11.6. The van der Waals surface area contributed by atoms with E-state index < -0.39 is 0 Å². The maximum absolute atomic E-state index is 13.4. The van der Waals surface area contributed by atoms with Crippen molar-refractivity contribution >= 4 is 17.7 Å². The van der Waals surface area contributed by atoms with Crippen molar-refractivity contribution in [2.24, 2.45) is 5.92 Å². The van der Waals surface area contributed by atoms with Gasteiger partial charge in [0.1, 0.15) is 5.82 Å². The Morgan fingerprint density at radius 1 is 1.26 bits per heavy atom. The van der Waals surface area contributed by atoms with Crippen LogP contribution in [0.3, 0.4) is 0 Å². The summed E-state index contributed by atoms with van der Waals surface area (Å²) in [6.45, 7) is 7.86. The standard InChI is InChI=1S/C23H33FN4O2S/c1-16(2)6-4-7-17(3)25-21(29)15-31-23-27-26-22(18-9-11-19(24)12-10-18)28(23)14-20-8-5-13-30-20/h9-12,16-17,20H,4-8,13-15H2,1-3H3,(H,25,29)/t17-,20-/m1/s1. The summed E-state index contributed by atoms with van der Waals surface area (Å²) in [5.41, 5.74) is 0.793. The highest BCUT2D eigenvalue weighted by Gasteiger charge is 2.22. The van der Waals surface area contributed by atoms with Crippen LogP contribution in [0.15, 0.2) is 29.4 Å². The summed E-state index contributed by atoms with van der Waals surface area (Å²) in [5, 5.41) is 12.4. The van der Waals surface area contributed by atoms with E-state index in [0.717, 1.165) is 37.9 Å². The van der Waals surface area contributed by atoms with Crippen LogP contribution in [0.5, 0.6) is 0 Å². The lowest BCUT2D eigenvalue weighted by Gasteiger charge is -2.16. The van der Waals surface area contributed by atoms with Crippen LogP contribution in [0.2, 0.25) is 0 Å². The SMILES string of the molecule is CC(C)CCC[C@@H](C)NC(=O)CSc1nnc(-c2ccc(F)cc2)n1C[C@H]1CCCO1. The Kier molecular flexibility index (Phi) is 8.90. The summed E-state index contributed by atoms with van der Waals surface area (Å²) in [7, 11) is 0. The van der Waals surface area contributed by atoms with Gasteiger partial charge in [0.2, 0.25) is 5.91 Å². The maximum atomic E-state index is 13.4. The van der Waals surface area contributed by atoms with Crippen LogP contribution in [-0.4, -0.2) is 45.2 Å². The van der Waals surface area contributed by atoms with Gasteiger partial charge in [-0.1, -0.05) is 38.5 Å². The van der Waals surface area contributed by atoms with Crippen LogP contribution in [0.25, 0.3) is 11.4 Å². The van der Waals surface area contributed by atoms with Crippen molar-refractivity contribution < 1.29 is 13.9 Å². The van der Waals surface area contributed by atoms with Crippen LogP contribution in [0.1, 0.15) is 52.9 Å². The number of hydrogen-bond donors (Lipinski definition) is 1. The van der Waals surface area contributed by atoms with Crippen molar-refractivity contribution in [3.8, 4) is 11.4 Å².